The summed E-state index contributed by atoms with van der Waals surface area (Å²) in [6, 6.07) is 7.34. The second-order valence-electron chi connectivity index (χ2n) is 5.29. The van der Waals surface area contributed by atoms with Crippen molar-refractivity contribution in [2.75, 3.05) is 40.0 Å². The van der Waals surface area contributed by atoms with Gasteiger partial charge in [0.25, 0.3) is 0 Å². The van der Waals surface area contributed by atoms with E-state index in [9.17, 15) is 13.2 Å². The van der Waals surface area contributed by atoms with Gasteiger partial charge in [-0.3, -0.25) is 4.79 Å². The minimum atomic E-state index is -3.37. The number of rotatable bonds is 5. The summed E-state index contributed by atoms with van der Waals surface area (Å²) in [6.45, 7) is 0.473. The minimum absolute atomic E-state index is 0.195. The van der Waals surface area contributed by atoms with E-state index in [-0.39, 0.29) is 18.6 Å². The molecule has 0 bridgehead atoms. The van der Waals surface area contributed by atoms with Crippen molar-refractivity contribution in [2.24, 2.45) is 0 Å². The van der Waals surface area contributed by atoms with Gasteiger partial charge in [0, 0.05) is 14.1 Å². The quantitative estimate of drug-likeness (QED) is 0.770. The maximum Gasteiger partial charge on any atom is 0.237 e. The summed E-state index contributed by atoms with van der Waals surface area (Å²) in [4.78, 5) is 13.5. The predicted octanol–water partition coefficient (Wildman–Crippen LogP) is 0.176. The number of nitrogens with zero attached hydrogens (tertiary/aromatic N) is 2. The average molecular weight is 328 g/mol. The van der Waals surface area contributed by atoms with Crippen molar-refractivity contribution < 1.29 is 22.7 Å². The molecule has 0 aromatic heterocycles. The molecule has 1 heterocycles. The number of likely N-dealkylation sites (N-methyl/N-ethyl adjacent to an activating group) is 2. The second kappa shape index (κ2) is 6.53. The van der Waals surface area contributed by atoms with Crippen molar-refractivity contribution in [3.63, 3.8) is 0 Å². The van der Waals surface area contributed by atoms with Crippen LogP contribution in [-0.4, -0.2) is 69.7 Å². The molecule has 22 heavy (non-hydrogen) atoms. The van der Waals surface area contributed by atoms with Crippen molar-refractivity contribution in [1.29, 1.82) is 0 Å². The van der Waals surface area contributed by atoms with Crippen LogP contribution >= 0.6 is 0 Å². The molecule has 2 rings (SSSR count). The molecule has 0 spiro atoms. The van der Waals surface area contributed by atoms with Gasteiger partial charge in [0.15, 0.2) is 17.6 Å². The Morgan fingerprint density at radius 2 is 1.91 bits per heavy atom. The van der Waals surface area contributed by atoms with Crippen LogP contribution in [0.15, 0.2) is 24.3 Å². The molecule has 122 valence electrons. The number of benzene rings is 1. The highest BCUT2D eigenvalue weighted by molar-refractivity contribution is 7.88. The summed E-state index contributed by atoms with van der Waals surface area (Å²) in [5.41, 5.74) is 0. The summed E-state index contributed by atoms with van der Waals surface area (Å²) in [5.74, 6) is 1.03. The van der Waals surface area contributed by atoms with Gasteiger partial charge in [-0.2, -0.15) is 4.31 Å². The summed E-state index contributed by atoms with van der Waals surface area (Å²) >= 11 is 0. The number of amides is 1. The standard InChI is InChI=1S/C14H20N2O5S/c1-15(14(17)9-16(2)22(3,18)19)8-11-10-20-12-6-4-5-7-13(12)21-11/h4-7,11H,8-10H2,1-3H3/t11-/m1/s1. The van der Waals surface area contributed by atoms with Crippen LogP contribution in [0.3, 0.4) is 0 Å². The van der Waals surface area contributed by atoms with Crippen LogP contribution in [0.25, 0.3) is 0 Å². The van der Waals surface area contributed by atoms with Crippen molar-refractivity contribution in [3.8, 4) is 11.5 Å². The molecule has 0 radical (unpaired) electrons. The van der Waals surface area contributed by atoms with Gasteiger partial charge in [0.05, 0.1) is 19.3 Å². The highest BCUT2D eigenvalue weighted by atomic mass is 32.2. The maximum absolute atomic E-state index is 12.0. The molecule has 0 saturated heterocycles. The Bertz CT molecular complexity index is 646. The first-order valence-electron chi connectivity index (χ1n) is 6.81. The molecule has 1 aromatic carbocycles. The molecule has 1 atom stereocenters. The van der Waals surface area contributed by atoms with Gasteiger partial charge in [-0.05, 0) is 12.1 Å². The molecule has 1 aromatic rings. The van der Waals surface area contributed by atoms with Crippen LogP contribution in [0.5, 0.6) is 11.5 Å². The van der Waals surface area contributed by atoms with E-state index in [1.165, 1.54) is 11.9 Å². The first-order chi connectivity index (χ1) is 10.3. The van der Waals surface area contributed by atoms with E-state index in [2.05, 4.69) is 0 Å². The van der Waals surface area contributed by atoms with Crippen molar-refractivity contribution in [3.05, 3.63) is 24.3 Å². The third-order valence-corrected chi connectivity index (χ3v) is 4.66. The Kier molecular flexibility index (Phi) is 4.92. The van der Waals surface area contributed by atoms with Crippen LogP contribution in [-0.2, 0) is 14.8 Å². The number of para-hydroxylation sites is 2. The molecule has 0 N–H and O–H groups in total. The van der Waals surface area contributed by atoms with E-state index in [4.69, 9.17) is 9.47 Å². The highest BCUT2D eigenvalue weighted by Gasteiger charge is 2.25. The number of ether oxygens (including phenoxy) is 2. The van der Waals surface area contributed by atoms with Crippen molar-refractivity contribution >= 4 is 15.9 Å². The molecule has 1 amide bonds. The van der Waals surface area contributed by atoms with Gasteiger partial charge in [-0.25, -0.2) is 8.42 Å². The summed E-state index contributed by atoms with van der Waals surface area (Å²) in [6.07, 6.45) is 0.780. The monoisotopic (exact) mass is 328 g/mol. The van der Waals surface area contributed by atoms with E-state index in [1.54, 1.807) is 13.1 Å². The maximum atomic E-state index is 12.0. The van der Waals surface area contributed by atoms with E-state index >= 15 is 0 Å². The molecular formula is C14H20N2O5S. The van der Waals surface area contributed by atoms with Crippen molar-refractivity contribution in [1.82, 2.24) is 9.21 Å². The largest absolute Gasteiger partial charge is 0.486 e. The lowest BCUT2D eigenvalue weighted by molar-refractivity contribution is -0.131. The average Bonchev–Trinajstić information content (AvgIpc) is 2.46. The molecule has 7 nitrogen and oxygen atoms in total. The number of fused-ring (bicyclic) bond motifs is 1. The van der Waals surface area contributed by atoms with Crippen LogP contribution < -0.4 is 9.47 Å². The lowest BCUT2D eigenvalue weighted by atomic mass is 10.2. The molecule has 0 unspecified atom stereocenters. The van der Waals surface area contributed by atoms with Crippen LogP contribution in [0.2, 0.25) is 0 Å². The Morgan fingerprint density at radius 1 is 1.27 bits per heavy atom. The third-order valence-electron chi connectivity index (χ3n) is 3.39. The zero-order valence-corrected chi connectivity index (χ0v) is 13.7. The normalized spacial score (nSPS) is 17.4. The van der Waals surface area contributed by atoms with Gasteiger partial charge in [0.2, 0.25) is 15.9 Å². The molecule has 8 heteroatoms. The van der Waals surface area contributed by atoms with Gasteiger partial charge >= 0.3 is 0 Å². The molecule has 0 fully saturated rings. The zero-order valence-electron chi connectivity index (χ0n) is 12.9. The summed E-state index contributed by atoms with van der Waals surface area (Å²) in [5, 5.41) is 0. The number of sulfonamides is 1. The molecule has 0 aliphatic carbocycles. The number of hydrogen-bond acceptors (Lipinski definition) is 5. The number of carbonyl (C=O) groups is 1. The van der Waals surface area contributed by atoms with Gasteiger partial charge in [-0.15, -0.1) is 0 Å². The second-order valence-corrected chi connectivity index (χ2v) is 7.38. The Labute approximate surface area is 130 Å². The van der Waals surface area contributed by atoms with E-state index in [0.717, 1.165) is 10.6 Å². The predicted molar refractivity (Wildman–Crippen MR) is 81.5 cm³/mol. The van der Waals surface area contributed by atoms with Crippen molar-refractivity contribution in [2.45, 2.75) is 6.10 Å². The van der Waals surface area contributed by atoms with Crippen LogP contribution in [0.1, 0.15) is 0 Å². The Balaban J connectivity index is 1.90. The molecule has 1 aliphatic heterocycles. The van der Waals surface area contributed by atoms with Gasteiger partial charge < -0.3 is 14.4 Å². The topological polar surface area (TPSA) is 76.2 Å². The van der Waals surface area contributed by atoms with Crippen LogP contribution in [0.4, 0.5) is 0 Å². The number of carbonyl (C=O) groups excluding carboxylic acids is 1. The van der Waals surface area contributed by atoms with E-state index in [0.29, 0.717) is 24.7 Å². The van der Waals surface area contributed by atoms with Gasteiger partial charge in [-0.1, -0.05) is 12.1 Å². The molecule has 1 aliphatic rings. The lowest BCUT2D eigenvalue weighted by Gasteiger charge is -2.30. The Hall–Kier alpha value is -1.80. The summed E-state index contributed by atoms with van der Waals surface area (Å²) < 4.78 is 35.0. The minimum Gasteiger partial charge on any atom is -0.486 e. The van der Waals surface area contributed by atoms with Gasteiger partial charge in [0.1, 0.15) is 6.61 Å². The molecular weight excluding hydrogens is 308 g/mol. The van der Waals surface area contributed by atoms with E-state index < -0.39 is 10.0 Å². The van der Waals surface area contributed by atoms with Crippen LogP contribution in [0, 0.1) is 0 Å². The first kappa shape index (κ1) is 16.6. The smallest absolute Gasteiger partial charge is 0.237 e. The fourth-order valence-electron chi connectivity index (χ4n) is 1.99. The highest BCUT2D eigenvalue weighted by Crippen LogP contribution is 2.30. The zero-order chi connectivity index (χ0) is 16.3. The molecule has 0 saturated carbocycles. The van der Waals surface area contributed by atoms with E-state index in [1.807, 2.05) is 18.2 Å². The first-order valence-corrected chi connectivity index (χ1v) is 8.66. The third kappa shape index (κ3) is 4.11. The number of hydrogen-bond donors (Lipinski definition) is 0. The fourth-order valence-corrected chi connectivity index (χ4v) is 2.33. The summed E-state index contributed by atoms with van der Waals surface area (Å²) in [7, 11) is -0.389. The SMILES string of the molecule is CN(C[C@@H]1COc2ccccc2O1)C(=O)CN(C)S(C)(=O)=O. The lowest BCUT2D eigenvalue weighted by Crippen LogP contribution is -2.45. The Morgan fingerprint density at radius 3 is 2.55 bits per heavy atom. The fraction of sp³-hybridized carbons (Fsp3) is 0.500.